The molecule has 0 fully saturated rings. The number of β-amino-alcohol motifs (C(OH)–C–C–N with tert-alkyl or cyclic N) is 1. The van der Waals surface area contributed by atoms with E-state index >= 15 is 0 Å². The summed E-state index contributed by atoms with van der Waals surface area (Å²) in [5, 5.41) is 13.1. The number of halogens is 1. The van der Waals surface area contributed by atoms with Gasteiger partial charge in [0.2, 0.25) is 5.91 Å². The Morgan fingerprint density at radius 2 is 2.04 bits per heavy atom. The molecule has 27 heavy (non-hydrogen) atoms. The summed E-state index contributed by atoms with van der Waals surface area (Å²) in [4.78, 5) is 12.9. The second-order valence-corrected chi connectivity index (χ2v) is 6.91. The summed E-state index contributed by atoms with van der Waals surface area (Å²) >= 11 is 0. The molecule has 3 rings (SSSR count). The number of aliphatic hydroxyl groups is 1. The Balaban J connectivity index is 1.58. The van der Waals surface area contributed by atoms with Crippen LogP contribution in [0.3, 0.4) is 0 Å². The van der Waals surface area contributed by atoms with Crippen LogP contribution in [0.1, 0.15) is 24.5 Å². The molecular formula is C21H25FN2O3. The lowest BCUT2D eigenvalue weighted by atomic mass is 9.96. The molecule has 1 aliphatic rings. The fraction of sp³-hybridized carbons (Fsp3) is 0.381. The fourth-order valence-corrected chi connectivity index (χ4v) is 3.44. The van der Waals surface area contributed by atoms with Gasteiger partial charge in [0.15, 0.2) is 0 Å². The standard InChI is InChI=1S/C21H25FN2O3/c1-14-5-10-20(22)21-19(14)4-3-11-24(21)12-17(26)13-27-18-8-6-16(7-9-18)23-15(2)25/h5-10,17,26H,3-4,11-13H2,1-2H3,(H,23,25). The Kier molecular flexibility index (Phi) is 5.96. The minimum atomic E-state index is -0.745. The van der Waals surface area contributed by atoms with E-state index in [1.54, 1.807) is 24.3 Å². The first-order valence-corrected chi connectivity index (χ1v) is 9.15. The van der Waals surface area contributed by atoms with Gasteiger partial charge in [-0.25, -0.2) is 4.39 Å². The first-order chi connectivity index (χ1) is 12.9. The lowest BCUT2D eigenvalue weighted by Crippen LogP contribution is -2.39. The van der Waals surface area contributed by atoms with Crippen LogP contribution in [0.5, 0.6) is 5.75 Å². The van der Waals surface area contributed by atoms with Crippen molar-refractivity contribution in [2.24, 2.45) is 0 Å². The van der Waals surface area contributed by atoms with E-state index in [1.165, 1.54) is 13.0 Å². The van der Waals surface area contributed by atoms with E-state index in [1.807, 2.05) is 17.9 Å². The Morgan fingerprint density at radius 1 is 1.30 bits per heavy atom. The van der Waals surface area contributed by atoms with Gasteiger partial charge in [-0.15, -0.1) is 0 Å². The van der Waals surface area contributed by atoms with Crippen LogP contribution < -0.4 is 15.0 Å². The number of nitrogens with one attached hydrogen (secondary N) is 1. The maximum atomic E-state index is 14.3. The molecule has 1 aliphatic heterocycles. The van der Waals surface area contributed by atoms with E-state index < -0.39 is 6.10 Å². The second kappa shape index (κ2) is 8.39. The molecule has 5 nitrogen and oxygen atoms in total. The summed E-state index contributed by atoms with van der Waals surface area (Å²) in [7, 11) is 0. The highest BCUT2D eigenvalue weighted by molar-refractivity contribution is 5.88. The van der Waals surface area contributed by atoms with E-state index in [0.717, 1.165) is 30.5 Å². The molecule has 2 N–H and O–H groups in total. The molecule has 6 heteroatoms. The predicted molar refractivity (Wildman–Crippen MR) is 104 cm³/mol. The van der Waals surface area contributed by atoms with Gasteiger partial charge in [-0.3, -0.25) is 4.79 Å². The molecule has 0 saturated heterocycles. The molecule has 0 spiro atoms. The van der Waals surface area contributed by atoms with Crippen molar-refractivity contribution in [3.05, 3.63) is 53.3 Å². The first kappa shape index (κ1) is 19.2. The smallest absolute Gasteiger partial charge is 0.221 e. The number of nitrogens with zero attached hydrogens (tertiary/aromatic N) is 1. The van der Waals surface area contributed by atoms with Gasteiger partial charge in [0.05, 0.1) is 5.69 Å². The highest BCUT2D eigenvalue weighted by Crippen LogP contribution is 2.32. The molecule has 144 valence electrons. The Morgan fingerprint density at radius 3 is 2.74 bits per heavy atom. The lowest BCUT2D eigenvalue weighted by Gasteiger charge is -2.34. The molecule has 0 aromatic heterocycles. The Labute approximate surface area is 158 Å². The minimum absolute atomic E-state index is 0.110. The van der Waals surface area contributed by atoms with Crippen LogP contribution in [0, 0.1) is 12.7 Å². The van der Waals surface area contributed by atoms with Gasteiger partial charge in [-0.2, -0.15) is 0 Å². The van der Waals surface area contributed by atoms with Gasteiger partial charge < -0.3 is 20.1 Å². The lowest BCUT2D eigenvalue weighted by molar-refractivity contribution is -0.114. The maximum Gasteiger partial charge on any atom is 0.221 e. The molecule has 0 radical (unpaired) electrons. The largest absolute Gasteiger partial charge is 0.491 e. The molecule has 1 amide bonds. The number of amides is 1. The third-order valence-electron chi connectivity index (χ3n) is 4.69. The second-order valence-electron chi connectivity index (χ2n) is 6.91. The topological polar surface area (TPSA) is 61.8 Å². The monoisotopic (exact) mass is 372 g/mol. The zero-order valence-electron chi connectivity index (χ0n) is 15.7. The highest BCUT2D eigenvalue weighted by Gasteiger charge is 2.24. The summed E-state index contributed by atoms with van der Waals surface area (Å²) in [5.74, 6) is 0.226. The number of rotatable bonds is 6. The fourth-order valence-electron chi connectivity index (χ4n) is 3.44. The van der Waals surface area contributed by atoms with Crippen molar-refractivity contribution in [3.8, 4) is 5.75 Å². The average molecular weight is 372 g/mol. The number of hydrogen-bond acceptors (Lipinski definition) is 4. The SMILES string of the molecule is CC(=O)Nc1ccc(OCC(O)CN2CCCc3c(C)ccc(F)c32)cc1. The molecule has 2 aromatic rings. The summed E-state index contributed by atoms with van der Waals surface area (Å²) in [6.45, 7) is 4.59. The van der Waals surface area contributed by atoms with Gasteiger partial charge in [0, 0.05) is 25.7 Å². The third kappa shape index (κ3) is 4.77. The zero-order chi connectivity index (χ0) is 19.4. The van der Waals surface area contributed by atoms with Crippen LogP contribution in [0.25, 0.3) is 0 Å². The van der Waals surface area contributed by atoms with Crippen molar-refractivity contribution >= 4 is 17.3 Å². The molecule has 1 unspecified atom stereocenters. The van der Waals surface area contributed by atoms with E-state index in [4.69, 9.17) is 4.74 Å². The molecule has 1 atom stereocenters. The van der Waals surface area contributed by atoms with Crippen LogP contribution in [-0.4, -0.2) is 36.8 Å². The number of carbonyl (C=O) groups is 1. The van der Waals surface area contributed by atoms with Crippen LogP contribution in [-0.2, 0) is 11.2 Å². The van der Waals surface area contributed by atoms with Gasteiger partial charge >= 0.3 is 0 Å². The number of hydrogen-bond donors (Lipinski definition) is 2. The number of benzene rings is 2. The predicted octanol–water partition coefficient (Wildman–Crippen LogP) is 3.29. The summed E-state index contributed by atoms with van der Waals surface area (Å²) < 4.78 is 20.0. The van der Waals surface area contributed by atoms with Crippen molar-refractivity contribution in [2.75, 3.05) is 29.9 Å². The minimum Gasteiger partial charge on any atom is -0.491 e. The molecule has 0 bridgehead atoms. The van der Waals surface area contributed by atoms with Gasteiger partial charge in [-0.1, -0.05) is 6.07 Å². The van der Waals surface area contributed by atoms with Crippen molar-refractivity contribution in [1.82, 2.24) is 0 Å². The average Bonchev–Trinajstić information content (AvgIpc) is 2.64. The third-order valence-corrected chi connectivity index (χ3v) is 4.69. The summed E-state index contributed by atoms with van der Waals surface area (Å²) in [5.41, 5.74) is 3.41. The van der Waals surface area contributed by atoms with Crippen molar-refractivity contribution in [2.45, 2.75) is 32.8 Å². The van der Waals surface area contributed by atoms with E-state index in [9.17, 15) is 14.3 Å². The zero-order valence-corrected chi connectivity index (χ0v) is 15.7. The number of ether oxygens (including phenoxy) is 1. The van der Waals surface area contributed by atoms with Gasteiger partial charge in [0.25, 0.3) is 0 Å². The summed E-state index contributed by atoms with van der Waals surface area (Å²) in [6.07, 6.45) is 1.06. The molecule has 1 heterocycles. The number of carbonyl (C=O) groups excluding carboxylic acids is 1. The first-order valence-electron chi connectivity index (χ1n) is 9.15. The summed E-state index contributed by atoms with van der Waals surface area (Å²) in [6, 6.07) is 10.2. The quantitative estimate of drug-likeness (QED) is 0.817. The van der Waals surface area contributed by atoms with Crippen molar-refractivity contribution in [1.29, 1.82) is 0 Å². The molecule has 0 aliphatic carbocycles. The number of aliphatic hydroxyl groups excluding tert-OH is 1. The van der Waals surface area contributed by atoms with E-state index in [0.29, 0.717) is 23.7 Å². The van der Waals surface area contributed by atoms with Crippen LogP contribution in [0.2, 0.25) is 0 Å². The molecule has 0 saturated carbocycles. The van der Waals surface area contributed by atoms with Gasteiger partial charge in [-0.05, 0) is 61.2 Å². The van der Waals surface area contributed by atoms with Crippen molar-refractivity contribution in [3.63, 3.8) is 0 Å². The normalized spacial score (nSPS) is 14.4. The molecular weight excluding hydrogens is 347 g/mol. The van der Waals surface area contributed by atoms with Crippen LogP contribution >= 0.6 is 0 Å². The van der Waals surface area contributed by atoms with Crippen LogP contribution in [0.4, 0.5) is 15.8 Å². The van der Waals surface area contributed by atoms with E-state index in [-0.39, 0.29) is 18.3 Å². The Hall–Kier alpha value is -2.60. The van der Waals surface area contributed by atoms with Crippen molar-refractivity contribution < 1.29 is 19.0 Å². The Bertz CT molecular complexity index is 808. The van der Waals surface area contributed by atoms with E-state index in [2.05, 4.69) is 5.32 Å². The maximum absolute atomic E-state index is 14.3. The highest BCUT2D eigenvalue weighted by atomic mass is 19.1. The van der Waals surface area contributed by atoms with Crippen LogP contribution in [0.15, 0.2) is 36.4 Å². The van der Waals surface area contributed by atoms with Gasteiger partial charge in [0.1, 0.15) is 24.3 Å². The number of aryl methyl sites for hydroxylation is 1. The molecule has 2 aromatic carbocycles. The number of anilines is 2. The number of fused-ring (bicyclic) bond motifs is 1.